The number of ether oxygens (including phenoxy) is 2. The molecule has 9 heteroatoms. The number of ketones is 1. The van der Waals surface area contributed by atoms with Crippen LogP contribution in [0.25, 0.3) is 23.1 Å². The zero-order chi connectivity index (χ0) is 30.8. The maximum atomic E-state index is 13.5. The number of hydrogen-bond donors (Lipinski definition) is 2. The molecule has 0 spiro atoms. The van der Waals surface area contributed by atoms with Crippen molar-refractivity contribution in [3.8, 4) is 11.5 Å². The summed E-state index contributed by atoms with van der Waals surface area (Å²) in [5.41, 5.74) is 3.72. The first kappa shape index (κ1) is 31.0. The number of Topliss-reactive ketones (excluding diaryl/α,β-unsaturated/α-hetero) is 1. The Balaban J connectivity index is 1.33. The number of hydrogen-bond acceptors (Lipinski definition) is 5. The highest BCUT2D eigenvalue weighted by atomic mass is 19.1. The predicted molar refractivity (Wildman–Crippen MR) is 162 cm³/mol. The van der Waals surface area contributed by atoms with Crippen LogP contribution in [-0.2, 0) is 22.6 Å². The minimum Gasteiger partial charge on any atom is -0.494 e. The van der Waals surface area contributed by atoms with E-state index in [-0.39, 0.29) is 24.4 Å². The number of halogens is 1. The smallest absolute Gasteiger partial charge is 0.307 e. The van der Waals surface area contributed by atoms with Gasteiger partial charge in [0.2, 0.25) is 0 Å². The van der Waals surface area contributed by atoms with Gasteiger partial charge in [0.25, 0.3) is 0 Å². The molecular weight excluding hydrogens is 553 g/mol. The minimum absolute atomic E-state index is 0.0429. The Morgan fingerprint density at radius 3 is 2.33 bits per heavy atom. The molecule has 0 aliphatic heterocycles. The fourth-order valence-corrected chi connectivity index (χ4v) is 4.83. The third kappa shape index (κ3) is 8.78. The molecule has 0 amide bonds. The molecule has 0 atom stereocenters. The first-order chi connectivity index (χ1) is 20.7. The zero-order valence-corrected chi connectivity index (χ0v) is 23.9. The van der Waals surface area contributed by atoms with Crippen LogP contribution in [0.2, 0.25) is 0 Å². The summed E-state index contributed by atoms with van der Waals surface area (Å²) in [7, 11) is 0. The van der Waals surface area contributed by atoms with Gasteiger partial charge in [0.1, 0.15) is 17.3 Å². The van der Waals surface area contributed by atoms with E-state index in [0.717, 1.165) is 22.0 Å². The molecule has 0 saturated carbocycles. The van der Waals surface area contributed by atoms with Gasteiger partial charge in [-0.1, -0.05) is 36.4 Å². The van der Waals surface area contributed by atoms with Crippen molar-refractivity contribution >= 4 is 40.8 Å². The second-order valence-electron chi connectivity index (χ2n) is 10.2. The summed E-state index contributed by atoms with van der Waals surface area (Å²) in [6, 6.07) is 17.2. The quantitative estimate of drug-likeness (QED) is 0.0834. The summed E-state index contributed by atoms with van der Waals surface area (Å²) in [5.74, 6) is -1.46. The van der Waals surface area contributed by atoms with Crippen molar-refractivity contribution in [3.63, 3.8) is 0 Å². The molecule has 0 fully saturated rings. The fraction of sp³-hybridized carbons (Fsp3) is 0.265. The number of fused-ring (bicyclic) bond motifs is 1. The van der Waals surface area contributed by atoms with E-state index >= 15 is 0 Å². The van der Waals surface area contributed by atoms with Gasteiger partial charge in [-0.3, -0.25) is 14.4 Å². The Morgan fingerprint density at radius 2 is 1.63 bits per heavy atom. The van der Waals surface area contributed by atoms with Gasteiger partial charge in [0.05, 0.1) is 25.2 Å². The molecule has 224 valence electrons. The lowest BCUT2D eigenvalue weighted by Gasteiger charge is -2.10. The van der Waals surface area contributed by atoms with Gasteiger partial charge in [-0.15, -0.1) is 0 Å². The zero-order valence-electron chi connectivity index (χ0n) is 23.9. The van der Waals surface area contributed by atoms with Crippen LogP contribution >= 0.6 is 0 Å². The molecule has 4 aromatic rings. The van der Waals surface area contributed by atoms with Crippen LogP contribution in [0.1, 0.15) is 59.7 Å². The van der Waals surface area contributed by atoms with Gasteiger partial charge in [0.15, 0.2) is 5.78 Å². The van der Waals surface area contributed by atoms with Gasteiger partial charge in [-0.05, 0) is 73.2 Å². The maximum Gasteiger partial charge on any atom is 0.307 e. The lowest BCUT2D eigenvalue weighted by Crippen LogP contribution is -2.05. The third-order valence-electron chi connectivity index (χ3n) is 6.87. The molecule has 2 N–H and O–H groups in total. The Kier molecular flexibility index (Phi) is 10.7. The van der Waals surface area contributed by atoms with Crippen molar-refractivity contribution < 1.29 is 38.5 Å². The molecule has 0 aliphatic carbocycles. The van der Waals surface area contributed by atoms with E-state index in [4.69, 9.17) is 14.6 Å². The number of carboxylic acids is 2. The first-order valence-corrected chi connectivity index (χ1v) is 14.1. The number of carboxylic acid groups (broad SMARTS) is 2. The fourth-order valence-electron chi connectivity index (χ4n) is 4.83. The summed E-state index contributed by atoms with van der Waals surface area (Å²) in [6.07, 6.45) is 7.45. The average molecular weight is 588 g/mol. The van der Waals surface area contributed by atoms with E-state index in [2.05, 4.69) is 0 Å². The van der Waals surface area contributed by atoms with Gasteiger partial charge in [-0.2, -0.15) is 0 Å². The highest BCUT2D eigenvalue weighted by Crippen LogP contribution is 2.28. The van der Waals surface area contributed by atoms with Crippen molar-refractivity contribution in [3.05, 3.63) is 94.9 Å². The van der Waals surface area contributed by atoms with Crippen LogP contribution in [-0.4, -0.2) is 45.7 Å². The van der Waals surface area contributed by atoms with Crippen LogP contribution in [0, 0.1) is 5.82 Å². The normalized spacial score (nSPS) is 11.2. The van der Waals surface area contributed by atoms with Crippen LogP contribution in [0.15, 0.2) is 66.9 Å². The van der Waals surface area contributed by atoms with Crippen LogP contribution in [0.5, 0.6) is 11.5 Å². The number of rotatable bonds is 16. The topological polar surface area (TPSA) is 115 Å². The number of aryl methyl sites for hydroxylation is 1. The molecule has 4 rings (SSSR count). The van der Waals surface area contributed by atoms with Gasteiger partial charge < -0.3 is 24.3 Å². The molecule has 0 unspecified atom stereocenters. The summed E-state index contributed by atoms with van der Waals surface area (Å²) in [5, 5.41) is 19.3. The summed E-state index contributed by atoms with van der Waals surface area (Å²) in [6.45, 7) is 2.71. The number of benzene rings is 3. The van der Waals surface area contributed by atoms with Crippen molar-refractivity contribution in [2.24, 2.45) is 0 Å². The predicted octanol–water partition coefficient (Wildman–Crippen LogP) is 6.88. The first-order valence-electron chi connectivity index (χ1n) is 14.1. The largest absolute Gasteiger partial charge is 0.494 e. The van der Waals surface area contributed by atoms with Gasteiger partial charge in [-0.25, -0.2) is 4.39 Å². The van der Waals surface area contributed by atoms with E-state index in [1.54, 1.807) is 6.20 Å². The van der Waals surface area contributed by atoms with E-state index in [1.165, 1.54) is 25.1 Å². The molecule has 1 aromatic heterocycles. The Hall–Kier alpha value is -4.92. The second kappa shape index (κ2) is 14.8. The molecule has 0 bridgehead atoms. The van der Waals surface area contributed by atoms with Crippen LogP contribution < -0.4 is 9.47 Å². The van der Waals surface area contributed by atoms with E-state index < -0.39 is 17.8 Å². The maximum absolute atomic E-state index is 13.5. The number of nitrogens with zero attached hydrogens (tertiary/aromatic N) is 1. The third-order valence-corrected chi connectivity index (χ3v) is 6.87. The van der Waals surface area contributed by atoms with Crippen molar-refractivity contribution in [1.82, 2.24) is 4.57 Å². The van der Waals surface area contributed by atoms with E-state index in [0.29, 0.717) is 55.9 Å². The molecule has 43 heavy (non-hydrogen) atoms. The molecule has 0 radical (unpaired) electrons. The van der Waals surface area contributed by atoms with Crippen molar-refractivity contribution in [2.75, 3.05) is 13.2 Å². The van der Waals surface area contributed by atoms with Crippen LogP contribution in [0.4, 0.5) is 4.39 Å². The number of unbranched alkanes of at least 4 members (excludes halogenated alkanes) is 1. The van der Waals surface area contributed by atoms with Crippen LogP contribution in [0.3, 0.4) is 0 Å². The van der Waals surface area contributed by atoms with Crippen molar-refractivity contribution in [2.45, 2.75) is 45.6 Å². The number of carbonyl (C=O) groups is 3. The molecule has 0 aliphatic rings. The van der Waals surface area contributed by atoms with E-state index in [9.17, 15) is 23.9 Å². The molecular formula is C34H34FNO7. The SMILES string of the molecule is CC(=O)c1ccc(F)cc1OCCCCOc1ccc(/C=C/c2cccc3c2c(CC(=O)O)cn3CCCC(=O)O)cc1. The number of aliphatic carboxylic acids is 2. The standard InChI is InChI=1S/C34H34FNO7/c1-23(37)29-16-13-27(35)21-31(29)43-19-3-2-18-42-28-14-10-24(11-15-28)9-12-25-6-4-7-30-34(25)26(20-33(40)41)22-36(30)17-5-8-32(38)39/h4,6-7,9-16,21-22H,2-3,5,8,17-20H2,1H3,(H,38,39)(H,40,41)/b12-9+. The van der Waals surface area contributed by atoms with Crippen molar-refractivity contribution in [1.29, 1.82) is 0 Å². The Labute approximate surface area is 249 Å². The molecule has 0 saturated heterocycles. The lowest BCUT2D eigenvalue weighted by atomic mass is 10.0. The molecule has 3 aromatic carbocycles. The highest BCUT2D eigenvalue weighted by molar-refractivity contribution is 5.97. The Morgan fingerprint density at radius 1 is 0.884 bits per heavy atom. The van der Waals surface area contributed by atoms with Gasteiger partial charge >= 0.3 is 11.9 Å². The number of carbonyl (C=O) groups excluding carboxylic acids is 1. The number of aromatic nitrogens is 1. The second-order valence-corrected chi connectivity index (χ2v) is 10.2. The monoisotopic (exact) mass is 587 g/mol. The minimum atomic E-state index is -0.930. The summed E-state index contributed by atoms with van der Waals surface area (Å²) >= 11 is 0. The average Bonchev–Trinajstić information content (AvgIpc) is 3.31. The molecule has 8 nitrogen and oxygen atoms in total. The summed E-state index contributed by atoms with van der Waals surface area (Å²) < 4.78 is 26.9. The Bertz CT molecular complexity index is 1620. The van der Waals surface area contributed by atoms with E-state index in [1.807, 2.05) is 59.2 Å². The summed E-state index contributed by atoms with van der Waals surface area (Å²) in [4.78, 5) is 34.2. The molecule has 1 heterocycles. The van der Waals surface area contributed by atoms with Gasteiger partial charge in [0, 0.05) is 36.1 Å². The highest BCUT2D eigenvalue weighted by Gasteiger charge is 2.14. The lowest BCUT2D eigenvalue weighted by molar-refractivity contribution is -0.137.